The zero-order chi connectivity index (χ0) is 11.0. The summed E-state index contributed by atoms with van der Waals surface area (Å²) in [7, 11) is 0. The van der Waals surface area contributed by atoms with Gasteiger partial charge in [0, 0.05) is 6.04 Å². The van der Waals surface area contributed by atoms with Gasteiger partial charge >= 0.3 is 5.97 Å². The lowest BCUT2D eigenvalue weighted by Gasteiger charge is -2.11. The third-order valence-electron chi connectivity index (χ3n) is 1.93. The predicted octanol–water partition coefficient (Wildman–Crippen LogP) is 2.09. The van der Waals surface area contributed by atoms with E-state index in [1.54, 1.807) is 0 Å². The molecule has 0 saturated heterocycles. The Labute approximate surface area is 87.0 Å². The van der Waals surface area contributed by atoms with E-state index in [2.05, 4.69) is 6.92 Å². The van der Waals surface area contributed by atoms with Gasteiger partial charge in [-0.1, -0.05) is 33.6 Å². The van der Waals surface area contributed by atoms with Crippen LogP contribution in [0.25, 0.3) is 0 Å². The Kier molecular flexibility index (Phi) is 7.48. The highest BCUT2D eigenvalue weighted by Crippen LogP contribution is 2.03. The zero-order valence-corrected chi connectivity index (χ0v) is 9.58. The average Bonchev–Trinajstić information content (AvgIpc) is 2.11. The Morgan fingerprint density at radius 1 is 1.43 bits per heavy atom. The number of nitrogens with two attached hydrogens (primary N) is 1. The van der Waals surface area contributed by atoms with Crippen LogP contribution in [0.3, 0.4) is 0 Å². The van der Waals surface area contributed by atoms with Gasteiger partial charge in [-0.3, -0.25) is 4.79 Å². The minimum atomic E-state index is -0.165. The van der Waals surface area contributed by atoms with E-state index >= 15 is 0 Å². The summed E-state index contributed by atoms with van der Waals surface area (Å²) >= 11 is 0. The molecule has 0 unspecified atom stereocenters. The second-order valence-corrected chi connectivity index (χ2v) is 4.18. The maximum Gasteiger partial charge on any atom is 0.307 e. The molecule has 0 aromatic carbocycles. The molecule has 0 aromatic rings. The van der Waals surface area contributed by atoms with Crippen molar-refractivity contribution in [2.24, 2.45) is 11.7 Å². The second kappa shape index (κ2) is 7.80. The van der Waals surface area contributed by atoms with E-state index in [-0.39, 0.29) is 12.0 Å². The summed E-state index contributed by atoms with van der Waals surface area (Å²) in [5, 5.41) is 0. The van der Waals surface area contributed by atoms with E-state index in [0.29, 0.717) is 18.9 Å². The summed E-state index contributed by atoms with van der Waals surface area (Å²) in [4.78, 5) is 11.2. The second-order valence-electron chi connectivity index (χ2n) is 4.18. The lowest BCUT2D eigenvalue weighted by atomic mass is 10.1. The number of carbonyl (C=O) groups is 1. The van der Waals surface area contributed by atoms with Gasteiger partial charge < -0.3 is 10.5 Å². The van der Waals surface area contributed by atoms with Crippen molar-refractivity contribution in [3.63, 3.8) is 0 Å². The fraction of sp³-hybridized carbons (Fsp3) is 0.909. The molecule has 3 heteroatoms. The number of unbranched alkanes of at least 4 members (excludes halogenated alkanes) is 1. The van der Waals surface area contributed by atoms with Crippen LogP contribution < -0.4 is 5.73 Å². The van der Waals surface area contributed by atoms with Crippen molar-refractivity contribution in [1.29, 1.82) is 0 Å². The molecule has 84 valence electrons. The topological polar surface area (TPSA) is 52.3 Å². The minimum absolute atomic E-state index is 0.0328. The molecule has 0 heterocycles. The quantitative estimate of drug-likeness (QED) is 0.642. The van der Waals surface area contributed by atoms with Gasteiger partial charge in [0.2, 0.25) is 0 Å². The summed E-state index contributed by atoms with van der Waals surface area (Å²) in [6.45, 7) is 6.65. The van der Waals surface area contributed by atoms with E-state index in [9.17, 15) is 4.79 Å². The van der Waals surface area contributed by atoms with Crippen LogP contribution in [0.5, 0.6) is 0 Å². The van der Waals surface area contributed by atoms with Gasteiger partial charge in [0.1, 0.15) is 0 Å². The SMILES string of the molecule is CCCC[C@@H](N)CC(=O)OCC(C)C. The summed E-state index contributed by atoms with van der Waals surface area (Å²) in [5.41, 5.74) is 5.77. The molecule has 14 heavy (non-hydrogen) atoms. The molecule has 0 aliphatic heterocycles. The molecule has 0 amide bonds. The molecule has 2 N–H and O–H groups in total. The number of rotatable bonds is 7. The summed E-state index contributed by atoms with van der Waals surface area (Å²) in [5.74, 6) is 0.230. The van der Waals surface area contributed by atoms with Crippen molar-refractivity contribution in [3.8, 4) is 0 Å². The fourth-order valence-corrected chi connectivity index (χ4v) is 1.10. The first kappa shape index (κ1) is 13.4. The van der Waals surface area contributed by atoms with Crippen LogP contribution in [-0.2, 0) is 9.53 Å². The van der Waals surface area contributed by atoms with E-state index < -0.39 is 0 Å². The summed E-state index contributed by atoms with van der Waals surface area (Å²) < 4.78 is 5.04. The molecule has 1 atom stereocenters. The number of esters is 1. The highest BCUT2D eigenvalue weighted by atomic mass is 16.5. The van der Waals surface area contributed by atoms with Crippen molar-refractivity contribution < 1.29 is 9.53 Å². The van der Waals surface area contributed by atoms with Gasteiger partial charge in [0.25, 0.3) is 0 Å². The van der Waals surface area contributed by atoms with Crippen LogP contribution >= 0.6 is 0 Å². The Morgan fingerprint density at radius 2 is 2.07 bits per heavy atom. The van der Waals surface area contributed by atoms with Crippen LogP contribution in [0, 0.1) is 5.92 Å². The molecule has 0 aromatic heterocycles. The van der Waals surface area contributed by atoms with Crippen molar-refractivity contribution in [1.82, 2.24) is 0 Å². The molecule has 0 bridgehead atoms. The van der Waals surface area contributed by atoms with Crippen LogP contribution in [0.1, 0.15) is 46.5 Å². The standard InChI is InChI=1S/C11H23NO2/c1-4-5-6-10(12)7-11(13)14-8-9(2)3/h9-10H,4-8,12H2,1-3H3/t10-/m1/s1. The molecule has 3 nitrogen and oxygen atoms in total. The first-order chi connectivity index (χ1) is 6.56. The van der Waals surface area contributed by atoms with Crippen LogP contribution in [0.2, 0.25) is 0 Å². The zero-order valence-electron chi connectivity index (χ0n) is 9.58. The minimum Gasteiger partial charge on any atom is -0.465 e. The van der Waals surface area contributed by atoms with E-state index in [0.717, 1.165) is 19.3 Å². The van der Waals surface area contributed by atoms with Crippen LogP contribution in [0.4, 0.5) is 0 Å². The molecular weight excluding hydrogens is 178 g/mol. The lowest BCUT2D eigenvalue weighted by molar-refractivity contribution is -0.145. The van der Waals surface area contributed by atoms with Gasteiger partial charge in [0.05, 0.1) is 13.0 Å². The third-order valence-corrected chi connectivity index (χ3v) is 1.93. The number of hydrogen-bond donors (Lipinski definition) is 1. The molecule has 0 saturated carbocycles. The summed E-state index contributed by atoms with van der Waals surface area (Å²) in [6.07, 6.45) is 3.47. The van der Waals surface area contributed by atoms with E-state index in [4.69, 9.17) is 10.5 Å². The molecule has 0 spiro atoms. The first-order valence-electron chi connectivity index (χ1n) is 5.47. The normalized spacial score (nSPS) is 12.9. The van der Waals surface area contributed by atoms with E-state index in [1.807, 2.05) is 13.8 Å². The van der Waals surface area contributed by atoms with Crippen molar-refractivity contribution in [3.05, 3.63) is 0 Å². The Balaban J connectivity index is 3.50. The summed E-state index contributed by atoms with van der Waals surface area (Å²) in [6, 6.07) is -0.0328. The van der Waals surface area contributed by atoms with Crippen molar-refractivity contribution in [2.75, 3.05) is 6.61 Å². The Morgan fingerprint density at radius 3 is 2.57 bits per heavy atom. The van der Waals surface area contributed by atoms with Crippen LogP contribution in [0.15, 0.2) is 0 Å². The largest absolute Gasteiger partial charge is 0.465 e. The Bertz CT molecular complexity index is 157. The van der Waals surface area contributed by atoms with Gasteiger partial charge in [-0.05, 0) is 12.3 Å². The molecule has 0 aliphatic rings. The van der Waals surface area contributed by atoms with Gasteiger partial charge in [-0.15, -0.1) is 0 Å². The monoisotopic (exact) mass is 201 g/mol. The molecule has 0 fully saturated rings. The average molecular weight is 201 g/mol. The van der Waals surface area contributed by atoms with Crippen molar-refractivity contribution in [2.45, 2.75) is 52.5 Å². The molecule has 0 rings (SSSR count). The van der Waals surface area contributed by atoms with Crippen LogP contribution in [-0.4, -0.2) is 18.6 Å². The third kappa shape index (κ3) is 8.05. The number of hydrogen-bond acceptors (Lipinski definition) is 3. The highest BCUT2D eigenvalue weighted by molar-refractivity contribution is 5.70. The van der Waals surface area contributed by atoms with Gasteiger partial charge in [-0.2, -0.15) is 0 Å². The fourth-order valence-electron chi connectivity index (χ4n) is 1.10. The lowest BCUT2D eigenvalue weighted by Crippen LogP contribution is -2.25. The number of ether oxygens (including phenoxy) is 1. The Hall–Kier alpha value is -0.570. The molecule has 0 aliphatic carbocycles. The first-order valence-corrected chi connectivity index (χ1v) is 5.47. The van der Waals surface area contributed by atoms with E-state index in [1.165, 1.54) is 0 Å². The molecular formula is C11H23NO2. The highest BCUT2D eigenvalue weighted by Gasteiger charge is 2.10. The maximum atomic E-state index is 11.2. The maximum absolute atomic E-state index is 11.2. The smallest absolute Gasteiger partial charge is 0.307 e. The molecule has 0 radical (unpaired) electrons. The number of carbonyl (C=O) groups excluding carboxylic acids is 1. The predicted molar refractivity (Wildman–Crippen MR) is 57.9 cm³/mol. The van der Waals surface area contributed by atoms with Gasteiger partial charge in [0.15, 0.2) is 0 Å². The van der Waals surface area contributed by atoms with Crippen molar-refractivity contribution >= 4 is 5.97 Å². The van der Waals surface area contributed by atoms with Gasteiger partial charge in [-0.25, -0.2) is 0 Å².